The van der Waals surface area contributed by atoms with Crippen LogP contribution in [0.25, 0.3) is 10.9 Å². The number of aromatic nitrogens is 1. The van der Waals surface area contributed by atoms with Gasteiger partial charge in [0.25, 0.3) is 5.91 Å². The first-order valence-electron chi connectivity index (χ1n) is 12.4. The number of aryl methyl sites for hydroxylation is 1. The van der Waals surface area contributed by atoms with Crippen molar-refractivity contribution < 1.29 is 32.0 Å². The standard InChI is InChI=1S/C29H28F4N2O3S/c1-2-39(38)25-10-5-20(6-11-25)26(18-36)34-28(37)21-7-12-27-22(16-21)17-24(35(27)14-13-30)15-19-3-8-23(9-4-19)29(31,32)33/h3-12,16-17,26,36H,2,13-15,18H2,1H3,(H,34,37). The predicted molar refractivity (Wildman–Crippen MR) is 143 cm³/mol. The van der Waals surface area contributed by atoms with Gasteiger partial charge in [0.15, 0.2) is 4.90 Å². The molecule has 0 aliphatic rings. The molecule has 5 nitrogen and oxygen atoms in total. The molecule has 2 N–H and O–H groups in total. The fourth-order valence-corrected chi connectivity index (χ4v) is 5.25. The summed E-state index contributed by atoms with van der Waals surface area (Å²) in [6.07, 6.45) is -4.13. The SMILES string of the molecule is CC[S+]([O-])c1ccc(C(CO)NC(=O)c2ccc3c(c2)cc(Cc2ccc(C(F)(F)F)cc2)n3CCF)cc1. The maximum absolute atomic E-state index is 13.4. The average molecular weight is 561 g/mol. The Hall–Kier alpha value is -3.34. The van der Waals surface area contributed by atoms with Gasteiger partial charge in [-0.05, 0) is 77.8 Å². The third kappa shape index (κ3) is 6.63. The number of aliphatic hydroxyl groups is 1. The number of amides is 1. The van der Waals surface area contributed by atoms with Crippen molar-refractivity contribution >= 4 is 28.0 Å². The average Bonchev–Trinajstić information content (AvgIpc) is 3.27. The zero-order valence-corrected chi connectivity index (χ0v) is 22.0. The Bertz CT molecular complexity index is 1420. The molecule has 1 aromatic heterocycles. The lowest BCUT2D eigenvalue weighted by molar-refractivity contribution is -0.137. The molecule has 4 rings (SSSR count). The second-order valence-electron chi connectivity index (χ2n) is 9.03. The van der Waals surface area contributed by atoms with Crippen LogP contribution in [-0.2, 0) is 30.3 Å². The van der Waals surface area contributed by atoms with E-state index in [-0.39, 0.29) is 13.2 Å². The number of benzene rings is 3. The van der Waals surface area contributed by atoms with Crippen molar-refractivity contribution in [1.82, 2.24) is 9.88 Å². The van der Waals surface area contributed by atoms with Crippen LogP contribution in [0.4, 0.5) is 17.6 Å². The van der Waals surface area contributed by atoms with Crippen molar-refractivity contribution in [2.75, 3.05) is 19.0 Å². The Balaban J connectivity index is 1.55. The van der Waals surface area contributed by atoms with E-state index < -0.39 is 41.5 Å². The van der Waals surface area contributed by atoms with Gasteiger partial charge in [0.05, 0.1) is 24.8 Å². The maximum atomic E-state index is 13.4. The molecule has 206 valence electrons. The number of carbonyl (C=O) groups excluding carboxylic acids is 1. The van der Waals surface area contributed by atoms with Crippen LogP contribution < -0.4 is 5.32 Å². The molecule has 4 aromatic rings. The summed E-state index contributed by atoms with van der Waals surface area (Å²) >= 11 is -1.11. The number of hydrogen-bond acceptors (Lipinski definition) is 3. The molecule has 1 heterocycles. The molecular weight excluding hydrogens is 532 g/mol. The highest BCUT2D eigenvalue weighted by Crippen LogP contribution is 2.30. The van der Waals surface area contributed by atoms with E-state index in [1.807, 2.05) is 6.92 Å². The molecule has 3 aromatic carbocycles. The van der Waals surface area contributed by atoms with Gasteiger partial charge in [-0.2, -0.15) is 13.2 Å². The lowest BCUT2D eigenvalue weighted by Gasteiger charge is -2.17. The second kappa shape index (κ2) is 12.2. The molecule has 1 amide bonds. The summed E-state index contributed by atoms with van der Waals surface area (Å²) in [7, 11) is 0. The van der Waals surface area contributed by atoms with Crippen LogP contribution in [0, 0.1) is 0 Å². The number of nitrogens with zero attached hydrogens (tertiary/aromatic N) is 1. The summed E-state index contributed by atoms with van der Waals surface area (Å²) in [5.74, 6) is 0.0702. The van der Waals surface area contributed by atoms with Crippen LogP contribution in [0.3, 0.4) is 0 Å². The highest BCUT2D eigenvalue weighted by molar-refractivity contribution is 7.91. The first-order valence-corrected chi connectivity index (χ1v) is 13.7. The lowest BCUT2D eigenvalue weighted by Crippen LogP contribution is -2.30. The van der Waals surface area contributed by atoms with Gasteiger partial charge in [-0.15, -0.1) is 0 Å². The monoisotopic (exact) mass is 560 g/mol. The Morgan fingerprint density at radius 2 is 1.74 bits per heavy atom. The van der Waals surface area contributed by atoms with Crippen molar-refractivity contribution in [3.63, 3.8) is 0 Å². The third-order valence-corrected chi connectivity index (χ3v) is 7.84. The normalized spacial score (nSPS) is 13.4. The summed E-state index contributed by atoms with van der Waals surface area (Å²) in [6.45, 7) is 0.917. The number of hydrogen-bond donors (Lipinski definition) is 2. The third-order valence-electron chi connectivity index (χ3n) is 6.52. The number of nitrogens with one attached hydrogen (secondary N) is 1. The summed E-state index contributed by atoms with van der Waals surface area (Å²) in [5.41, 5.74) is 2.31. The largest absolute Gasteiger partial charge is 0.611 e. The number of carbonyl (C=O) groups is 1. The van der Waals surface area contributed by atoms with Crippen molar-refractivity contribution in [2.45, 2.75) is 37.0 Å². The number of alkyl halides is 4. The van der Waals surface area contributed by atoms with Gasteiger partial charge < -0.3 is 19.5 Å². The summed E-state index contributed by atoms with van der Waals surface area (Å²) in [5, 5.41) is 13.4. The molecule has 2 atom stereocenters. The minimum Gasteiger partial charge on any atom is -0.611 e. The molecule has 2 unspecified atom stereocenters. The molecule has 0 bridgehead atoms. The number of halogens is 4. The molecule has 0 aliphatic heterocycles. The molecule has 0 aliphatic carbocycles. The van der Waals surface area contributed by atoms with Crippen LogP contribution in [0.5, 0.6) is 0 Å². The van der Waals surface area contributed by atoms with E-state index in [1.54, 1.807) is 53.1 Å². The van der Waals surface area contributed by atoms with E-state index in [0.29, 0.717) is 50.4 Å². The highest BCUT2D eigenvalue weighted by Gasteiger charge is 2.30. The van der Waals surface area contributed by atoms with Gasteiger partial charge in [0.1, 0.15) is 12.4 Å². The minimum atomic E-state index is -4.42. The van der Waals surface area contributed by atoms with Crippen LogP contribution in [0.2, 0.25) is 0 Å². The first kappa shape index (κ1) is 28.7. The topological polar surface area (TPSA) is 77.3 Å². The van der Waals surface area contributed by atoms with E-state index in [0.717, 1.165) is 12.1 Å². The van der Waals surface area contributed by atoms with Crippen molar-refractivity contribution in [3.05, 3.63) is 101 Å². The maximum Gasteiger partial charge on any atom is 0.416 e. The Labute approximate surface area is 226 Å². The van der Waals surface area contributed by atoms with Crippen LogP contribution in [0.1, 0.15) is 45.7 Å². The minimum absolute atomic E-state index is 0.0659. The zero-order valence-electron chi connectivity index (χ0n) is 21.2. The smallest absolute Gasteiger partial charge is 0.416 e. The van der Waals surface area contributed by atoms with Crippen LogP contribution in [0.15, 0.2) is 77.7 Å². The molecule has 0 radical (unpaired) electrons. The van der Waals surface area contributed by atoms with Crippen molar-refractivity contribution in [1.29, 1.82) is 0 Å². The van der Waals surface area contributed by atoms with Gasteiger partial charge in [-0.3, -0.25) is 4.79 Å². The Kier molecular flexibility index (Phi) is 8.99. The van der Waals surface area contributed by atoms with E-state index in [2.05, 4.69) is 5.32 Å². The van der Waals surface area contributed by atoms with Gasteiger partial charge >= 0.3 is 6.18 Å². The second-order valence-corrected chi connectivity index (χ2v) is 10.8. The molecule has 10 heteroatoms. The van der Waals surface area contributed by atoms with Gasteiger partial charge in [-0.25, -0.2) is 4.39 Å². The van der Waals surface area contributed by atoms with Crippen LogP contribution >= 0.6 is 0 Å². The molecule has 0 saturated heterocycles. The van der Waals surface area contributed by atoms with Gasteiger partial charge in [0.2, 0.25) is 0 Å². The molecule has 0 spiro atoms. The van der Waals surface area contributed by atoms with Gasteiger partial charge in [0, 0.05) is 28.6 Å². The van der Waals surface area contributed by atoms with E-state index in [1.165, 1.54) is 12.1 Å². The predicted octanol–water partition coefficient (Wildman–Crippen LogP) is 5.81. The Morgan fingerprint density at radius 3 is 2.33 bits per heavy atom. The number of fused-ring (bicyclic) bond motifs is 1. The first-order chi connectivity index (χ1) is 18.6. The van der Waals surface area contributed by atoms with Crippen molar-refractivity contribution in [2.24, 2.45) is 0 Å². The van der Waals surface area contributed by atoms with E-state index in [4.69, 9.17) is 0 Å². The number of aliphatic hydroxyl groups excluding tert-OH is 1. The Morgan fingerprint density at radius 1 is 1.05 bits per heavy atom. The molecular formula is C29H28F4N2O3S. The fourth-order valence-electron chi connectivity index (χ4n) is 4.48. The van der Waals surface area contributed by atoms with E-state index >= 15 is 0 Å². The quantitative estimate of drug-likeness (QED) is 0.190. The molecule has 0 fully saturated rings. The molecule has 0 saturated carbocycles. The van der Waals surface area contributed by atoms with Crippen LogP contribution in [-0.4, -0.2) is 39.2 Å². The molecule has 39 heavy (non-hydrogen) atoms. The summed E-state index contributed by atoms with van der Waals surface area (Å²) in [6, 6.07) is 17.8. The fraction of sp³-hybridized carbons (Fsp3) is 0.276. The summed E-state index contributed by atoms with van der Waals surface area (Å²) < 4.78 is 65.8. The lowest BCUT2D eigenvalue weighted by atomic mass is 10.1. The summed E-state index contributed by atoms with van der Waals surface area (Å²) in [4.78, 5) is 13.7. The van der Waals surface area contributed by atoms with Gasteiger partial charge in [-0.1, -0.05) is 24.3 Å². The zero-order chi connectivity index (χ0) is 28.2. The van der Waals surface area contributed by atoms with Crippen molar-refractivity contribution in [3.8, 4) is 0 Å². The highest BCUT2D eigenvalue weighted by atomic mass is 32.2. The number of rotatable bonds is 10. The van der Waals surface area contributed by atoms with E-state index in [9.17, 15) is 32.0 Å².